The van der Waals surface area contributed by atoms with Gasteiger partial charge in [0.05, 0.1) is 22.1 Å². The first-order valence-corrected chi connectivity index (χ1v) is 4.68. The van der Waals surface area contributed by atoms with Crippen LogP contribution in [0.3, 0.4) is 0 Å². The molecule has 1 aliphatic rings. The van der Waals surface area contributed by atoms with Crippen LogP contribution in [0.1, 0.15) is 5.56 Å². The summed E-state index contributed by atoms with van der Waals surface area (Å²) in [6, 6.07) is 4.19. The number of aliphatic imine (C=N–C) groups is 1. The number of rotatable bonds is 2. The number of hydrogen-bond acceptors (Lipinski definition) is 4. The van der Waals surface area contributed by atoms with E-state index in [9.17, 15) is 10.1 Å². The Morgan fingerprint density at radius 1 is 1.53 bits per heavy atom. The highest BCUT2D eigenvalue weighted by atomic mass is 35.5. The summed E-state index contributed by atoms with van der Waals surface area (Å²) in [5, 5.41) is 11.0. The Hall–Kier alpha value is -1.62. The van der Waals surface area contributed by atoms with E-state index >= 15 is 0 Å². The van der Waals surface area contributed by atoms with Crippen molar-refractivity contribution in [1.29, 1.82) is 0 Å². The first-order chi connectivity index (χ1) is 7.18. The Bertz CT molecular complexity index is 445. The molecule has 78 valence electrons. The summed E-state index contributed by atoms with van der Waals surface area (Å²) in [6.45, 7) is 1.06. The second-order valence-electron chi connectivity index (χ2n) is 2.96. The van der Waals surface area contributed by atoms with Gasteiger partial charge >= 0.3 is 0 Å². The average molecular weight is 227 g/mol. The molecule has 1 aliphatic heterocycles. The molecule has 0 N–H and O–H groups in total. The Morgan fingerprint density at radius 3 is 2.93 bits per heavy atom. The average Bonchev–Trinajstić information content (AvgIpc) is 2.71. The summed E-state index contributed by atoms with van der Waals surface area (Å²) in [4.78, 5) is 14.1. The van der Waals surface area contributed by atoms with Crippen LogP contribution < -0.4 is 0 Å². The van der Waals surface area contributed by atoms with Crippen molar-refractivity contribution in [2.24, 2.45) is 4.99 Å². The number of halogens is 1. The minimum atomic E-state index is -0.477. The number of benzene rings is 1. The van der Waals surface area contributed by atoms with Crippen LogP contribution >= 0.6 is 11.6 Å². The quantitative estimate of drug-likeness (QED) is 0.572. The Kier molecular flexibility index (Phi) is 2.55. The van der Waals surface area contributed by atoms with E-state index in [4.69, 9.17) is 16.3 Å². The molecule has 0 aromatic heterocycles. The van der Waals surface area contributed by atoms with Crippen LogP contribution in [0.15, 0.2) is 23.2 Å². The number of nitro groups is 1. The molecule has 5 nitrogen and oxygen atoms in total. The zero-order chi connectivity index (χ0) is 10.8. The lowest BCUT2D eigenvalue weighted by atomic mass is 10.2. The van der Waals surface area contributed by atoms with Crippen molar-refractivity contribution >= 4 is 23.2 Å². The molecule has 0 spiro atoms. The largest absolute Gasteiger partial charge is 0.475 e. The number of nitrogens with zero attached hydrogens (tertiary/aromatic N) is 2. The van der Waals surface area contributed by atoms with Crippen LogP contribution in [0.25, 0.3) is 0 Å². The Morgan fingerprint density at radius 2 is 2.33 bits per heavy atom. The summed E-state index contributed by atoms with van der Waals surface area (Å²) in [6.07, 6.45) is 0. The van der Waals surface area contributed by atoms with Crippen molar-refractivity contribution in [1.82, 2.24) is 0 Å². The van der Waals surface area contributed by atoms with Gasteiger partial charge in [0.1, 0.15) is 6.61 Å². The highest BCUT2D eigenvalue weighted by Gasteiger charge is 2.17. The van der Waals surface area contributed by atoms with Crippen molar-refractivity contribution in [3.05, 3.63) is 38.9 Å². The van der Waals surface area contributed by atoms with Crippen LogP contribution in [-0.2, 0) is 4.74 Å². The molecule has 1 heterocycles. The van der Waals surface area contributed by atoms with Crippen molar-refractivity contribution < 1.29 is 9.66 Å². The third kappa shape index (κ3) is 1.92. The van der Waals surface area contributed by atoms with Gasteiger partial charge in [0.15, 0.2) is 0 Å². The van der Waals surface area contributed by atoms with E-state index in [0.29, 0.717) is 29.6 Å². The summed E-state index contributed by atoms with van der Waals surface area (Å²) >= 11 is 5.90. The van der Waals surface area contributed by atoms with Crippen molar-refractivity contribution in [2.75, 3.05) is 13.2 Å². The third-order valence-electron chi connectivity index (χ3n) is 1.98. The molecule has 15 heavy (non-hydrogen) atoms. The monoisotopic (exact) mass is 226 g/mol. The van der Waals surface area contributed by atoms with Gasteiger partial charge in [0.25, 0.3) is 5.69 Å². The molecule has 0 amide bonds. The zero-order valence-electron chi connectivity index (χ0n) is 7.64. The molecule has 0 radical (unpaired) electrons. The van der Waals surface area contributed by atoms with E-state index in [1.54, 1.807) is 0 Å². The Balaban J connectivity index is 2.45. The number of ether oxygens (including phenoxy) is 1. The van der Waals surface area contributed by atoms with E-state index < -0.39 is 4.92 Å². The first-order valence-electron chi connectivity index (χ1n) is 4.30. The van der Waals surface area contributed by atoms with Gasteiger partial charge in [-0.3, -0.25) is 10.1 Å². The second kappa shape index (κ2) is 3.86. The lowest BCUT2D eigenvalue weighted by Gasteiger charge is -2.03. The molecule has 1 aromatic carbocycles. The normalized spacial score (nSPS) is 14.6. The van der Waals surface area contributed by atoms with Crippen LogP contribution in [0, 0.1) is 10.1 Å². The third-order valence-corrected chi connectivity index (χ3v) is 2.31. The number of nitro benzene ring substituents is 1. The fourth-order valence-corrected chi connectivity index (χ4v) is 1.49. The maximum absolute atomic E-state index is 10.6. The van der Waals surface area contributed by atoms with Crippen molar-refractivity contribution in [3.63, 3.8) is 0 Å². The smallest absolute Gasteiger partial charge is 0.270 e. The molecule has 2 rings (SSSR count). The van der Waals surface area contributed by atoms with Gasteiger partial charge in [-0.05, 0) is 6.07 Å². The van der Waals surface area contributed by atoms with E-state index in [2.05, 4.69) is 4.99 Å². The molecule has 0 saturated heterocycles. The van der Waals surface area contributed by atoms with Crippen molar-refractivity contribution in [3.8, 4) is 0 Å². The van der Waals surface area contributed by atoms with E-state index in [-0.39, 0.29) is 5.69 Å². The van der Waals surface area contributed by atoms with Gasteiger partial charge in [-0.25, -0.2) is 4.99 Å². The minimum Gasteiger partial charge on any atom is -0.475 e. The SMILES string of the molecule is O=[N+]([O-])c1ccc(Cl)c(C2=NCCO2)c1. The summed E-state index contributed by atoms with van der Waals surface area (Å²) < 4.78 is 5.20. The topological polar surface area (TPSA) is 64.7 Å². The number of hydrogen-bond donors (Lipinski definition) is 0. The molecular formula is C9H7ClN2O3. The standard InChI is InChI=1S/C9H7ClN2O3/c10-8-2-1-6(12(13)14)5-7(8)9-11-3-4-15-9/h1-2,5H,3-4H2. The maximum Gasteiger partial charge on any atom is 0.270 e. The van der Waals surface area contributed by atoms with Crippen molar-refractivity contribution in [2.45, 2.75) is 0 Å². The maximum atomic E-state index is 10.6. The fourth-order valence-electron chi connectivity index (χ4n) is 1.29. The first kappa shape index (κ1) is 9.92. The Labute approximate surface area is 90.5 Å². The summed E-state index contributed by atoms with van der Waals surface area (Å²) in [7, 11) is 0. The van der Waals surface area contributed by atoms with Gasteiger partial charge in [-0.15, -0.1) is 0 Å². The van der Waals surface area contributed by atoms with Gasteiger partial charge in [0, 0.05) is 12.1 Å². The zero-order valence-corrected chi connectivity index (χ0v) is 8.40. The van der Waals surface area contributed by atoms with Crippen LogP contribution in [0.4, 0.5) is 5.69 Å². The highest BCUT2D eigenvalue weighted by Crippen LogP contribution is 2.24. The van der Waals surface area contributed by atoms with Crippen LogP contribution in [-0.4, -0.2) is 24.0 Å². The minimum absolute atomic E-state index is 0.0207. The van der Waals surface area contributed by atoms with E-state index in [1.807, 2.05) is 0 Å². The summed E-state index contributed by atoms with van der Waals surface area (Å²) in [5.74, 6) is 0.378. The van der Waals surface area contributed by atoms with Gasteiger partial charge in [0.2, 0.25) is 5.90 Å². The summed E-state index contributed by atoms with van der Waals surface area (Å²) in [5.41, 5.74) is 0.455. The predicted octanol–water partition coefficient (Wildman–Crippen LogP) is 2.02. The van der Waals surface area contributed by atoms with Gasteiger partial charge in [-0.2, -0.15) is 0 Å². The van der Waals surface area contributed by atoms with Gasteiger partial charge in [-0.1, -0.05) is 11.6 Å². The van der Waals surface area contributed by atoms with Crippen LogP contribution in [0.2, 0.25) is 5.02 Å². The molecule has 0 saturated carbocycles. The van der Waals surface area contributed by atoms with Gasteiger partial charge < -0.3 is 4.74 Å². The molecule has 1 aromatic rings. The fraction of sp³-hybridized carbons (Fsp3) is 0.222. The molecule has 0 aliphatic carbocycles. The molecule has 0 bridgehead atoms. The molecule has 0 unspecified atom stereocenters. The lowest BCUT2D eigenvalue weighted by Crippen LogP contribution is -2.02. The second-order valence-corrected chi connectivity index (χ2v) is 3.36. The number of non-ortho nitro benzene ring substituents is 1. The lowest BCUT2D eigenvalue weighted by molar-refractivity contribution is -0.384. The highest BCUT2D eigenvalue weighted by molar-refractivity contribution is 6.34. The molecular weight excluding hydrogens is 220 g/mol. The molecule has 6 heteroatoms. The van der Waals surface area contributed by atoms with E-state index in [1.165, 1.54) is 18.2 Å². The predicted molar refractivity (Wildman–Crippen MR) is 55.5 cm³/mol. The van der Waals surface area contributed by atoms with E-state index in [0.717, 1.165) is 0 Å². The molecule has 0 fully saturated rings. The molecule has 0 atom stereocenters. The van der Waals surface area contributed by atoms with Crippen LogP contribution in [0.5, 0.6) is 0 Å².